The van der Waals surface area contributed by atoms with Crippen LogP contribution >= 0.6 is 0 Å². The Bertz CT molecular complexity index is 497. The van der Waals surface area contributed by atoms with Crippen molar-refractivity contribution >= 4 is 10.1 Å². The van der Waals surface area contributed by atoms with Gasteiger partial charge in [0.2, 0.25) is 0 Å². The topological polar surface area (TPSA) is 43.4 Å². The minimum Gasteiger partial charge on any atom is -0.270 e. The molecule has 1 rings (SSSR count). The number of benzene rings is 1. The van der Waals surface area contributed by atoms with Gasteiger partial charge in [0.25, 0.3) is 10.1 Å². The lowest BCUT2D eigenvalue weighted by molar-refractivity contribution is 0.305. The summed E-state index contributed by atoms with van der Waals surface area (Å²) in [7, 11) is -3.45. The SMILES string of the molecule is CCCCCCCCCCCCCOS(=O)(=O)Cc1ccccc1. The van der Waals surface area contributed by atoms with E-state index in [1.807, 2.05) is 30.3 Å². The van der Waals surface area contributed by atoms with Gasteiger partial charge in [-0.05, 0) is 12.0 Å². The molecule has 24 heavy (non-hydrogen) atoms. The molecule has 0 fully saturated rings. The minimum absolute atomic E-state index is 0.0358. The van der Waals surface area contributed by atoms with E-state index >= 15 is 0 Å². The minimum atomic E-state index is -3.45. The highest BCUT2D eigenvalue weighted by Gasteiger charge is 2.11. The Morgan fingerprint density at radius 1 is 0.750 bits per heavy atom. The van der Waals surface area contributed by atoms with E-state index in [2.05, 4.69) is 6.92 Å². The second kappa shape index (κ2) is 13.4. The van der Waals surface area contributed by atoms with Gasteiger partial charge in [0, 0.05) is 0 Å². The first-order valence-electron chi connectivity index (χ1n) is 9.55. The maximum atomic E-state index is 11.9. The van der Waals surface area contributed by atoms with Crippen LogP contribution in [0, 0.1) is 0 Å². The lowest BCUT2D eigenvalue weighted by Crippen LogP contribution is -2.09. The van der Waals surface area contributed by atoms with Gasteiger partial charge in [-0.2, -0.15) is 8.42 Å². The fraction of sp³-hybridized carbons (Fsp3) is 0.700. The number of hydrogen-bond donors (Lipinski definition) is 0. The van der Waals surface area contributed by atoms with Crippen molar-refractivity contribution in [2.45, 2.75) is 83.3 Å². The van der Waals surface area contributed by atoms with Crippen LogP contribution in [0.3, 0.4) is 0 Å². The summed E-state index contributed by atoms with van der Waals surface area (Å²) >= 11 is 0. The van der Waals surface area contributed by atoms with E-state index in [0.29, 0.717) is 6.61 Å². The quantitative estimate of drug-likeness (QED) is 0.293. The van der Waals surface area contributed by atoms with Crippen molar-refractivity contribution in [1.82, 2.24) is 0 Å². The summed E-state index contributed by atoms with van der Waals surface area (Å²) in [5.74, 6) is -0.0358. The summed E-state index contributed by atoms with van der Waals surface area (Å²) in [5.41, 5.74) is 0.774. The van der Waals surface area contributed by atoms with E-state index in [4.69, 9.17) is 4.18 Å². The van der Waals surface area contributed by atoms with Crippen molar-refractivity contribution < 1.29 is 12.6 Å². The van der Waals surface area contributed by atoms with Gasteiger partial charge in [-0.1, -0.05) is 101 Å². The van der Waals surface area contributed by atoms with Gasteiger partial charge in [0.15, 0.2) is 0 Å². The second-order valence-electron chi connectivity index (χ2n) is 6.55. The summed E-state index contributed by atoms with van der Waals surface area (Å²) in [6, 6.07) is 9.18. The molecule has 0 radical (unpaired) electrons. The van der Waals surface area contributed by atoms with Crippen LogP contribution in [0.1, 0.15) is 83.1 Å². The largest absolute Gasteiger partial charge is 0.271 e. The van der Waals surface area contributed by atoms with Crippen molar-refractivity contribution in [2.24, 2.45) is 0 Å². The van der Waals surface area contributed by atoms with Gasteiger partial charge in [-0.25, -0.2) is 0 Å². The third-order valence-electron chi connectivity index (χ3n) is 4.20. The molecule has 0 unspecified atom stereocenters. The zero-order valence-corrected chi connectivity index (χ0v) is 16.0. The fourth-order valence-electron chi connectivity index (χ4n) is 2.77. The molecule has 0 saturated carbocycles. The third-order valence-corrected chi connectivity index (χ3v) is 5.41. The smallest absolute Gasteiger partial charge is 0.270 e. The van der Waals surface area contributed by atoms with E-state index in [-0.39, 0.29) is 5.75 Å². The standard InChI is InChI=1S/C20H34O3S/c1-2-3-4-5-6-7-8-9-10-11-15-18-23-24(21,22)19-20-16-13-12-14-17-20/h12-14,16-17H,2-11,15,18-19H2,1H3. The molecule has 0 aromatic heterocycles. The first-order valence-corrected chi connectivity index (χ1v) is 11.1. The van der Waals surface area contributed by atoms with Crippen LogP contribution in [-0.2, 0) is 20.1 Å². The Morgan fingerprint density at radius 3 is 1.79 bits per heavy atom. The van der Waals surface area contributed by atoms with Gasteiger partial charge in [-0.15, -0.1) is 0 Å². The Balaban J connectivity index is 1.94. The number of rotatable bonds is 15. The lowest BCUT2D eigenvalue weighted by atomic mass is 10.1. The maximum Gasteiger partial charge on any atom is 0.271 e. The van der Waals surface area contributed by atoms with Gasteiger partial charge in [0.05, 0.1) is 6.61 Å². The molecule has 0 aliphatic carbocycles. The Kier molecular flexibility index (Phi) is 11.8. The van der Waals surface area contributed by atoms with Crippen LogP contribution in [0.15, 0.2) is 30.3 Å². The fourth-order valence-corrected chi connectivity index (χ4v) is 3.83. The van der Waals surface area contributed by atoms with Crippen LogP contribution in [0.25, 0.3) is 0 Å². The van der Waals surface area contributed by atoms with Gasteiger partial charge < -0.3 is 0 Å². The highest BCUT2D eigenvalue weighted by molar-refractivity contribution is 7.85. The molecule has 0 amide bonds. The van der Waals surface area contributed by atoms with Crippen LogP contribution in [0.5, 0.6) is 0 Å². The van der Waals surface area contributed by atoms with Crippen molar-refractivity contribution in [2.75, 3.05) is 6.61 Å². The predicted molar refractivity (Wildman–Crippen MR) is 101 cm³/mol. The summed E-state index contributed by atoms with van der Waals surface area (Å²) in [6.07, 6.45) is 13.7. The average molecular weight is 355 g/mol. The number of hydrogen-bond acceptors (Lipinski definition) is 3. The molecular formula is C20H34O3S. The van der Waals surface area contributed by atoms with Gasteiger partial charge in [0.1, 0.15) is 5.75 Å². The van der Waals surface area contributed by atoms with E-state index in [9.17, 15) is 8.42 Å². The Morgan fingerprint density at radius 2 is 1.25 bits per heavy atom. The van der Waals surface area contributed by atoms with E-state index < -0.39 is 10.1 Å². The Hall–Kier alpha value is -0.870. The van der Waals surface area contributed by atoms with Crippen molar-refractivity contribution in [3.63, 3.8) is 0 Å². The zero-order chi connectivity index (χ0) is 17.5. The molecule has 0 aliphatic heterocycles. The molecule has 1 aromatic carbocycles. The van der Waals surface area contributed by atoms with Gasteiger partial charge in [-0.3, -0.25) is 4.18 Å². The molecule has 0 spiro atoms. The van der Waals surface area contributed by atoms with E-state index in [1.165, 1.54) is 57.8 Å². The first kappa shape index (κ1) is 21.2. The molecule has 0 saturated heterocycles. The van der Waals surface area contributed by atoms with Crippen LogP contribution in [-0.4, -0.2) is 15.0 Å². The third kappa shape index (κ3) is 11.6. The normalized spacial score (nSPS) is 11.7. The highest BCUT2D eigenvalue weighted by atomic mass is 32.2. The number of unbranched alkanes of at least 4 members (excludes halogenated alkanes) is 10. The summed E-state index contributed by atoms with van der Waals surface area (Å²) < 4.78 is 28.8. The summed E-state index contributed by atoms with van der Waals surface area (Å²) in [6.45, 7) is 2.56. The van der Waals surface area contributed by atoms with Crippen molar-refractivity contribution in [3.05, 3.63) is 35.9 Å². The van der Waals surface area contributed by atoms with Crippen LogP contribution in [0.2, 0.25) is 0 Å². The van der Waals surface area contributed by atoms with Crippen LogP contribution < -0.4 is 0 Å². The second-order valence-corrected chi connectivity index (χ2v) is 8.18. The van der Waals surface area contributed by atoms with Crippen LogP contribution in [0.4, 0.5) is 0 Å². The lowest BCUT2D eigenvalue weighted by Gasteiger charge is -2.06. The summed E-state index contributed by atoms with van der Waals surface area (Å²) in [5, 5.41) is 0. The average Bonchev–Trinajstić information content (AvgIpc) is 2.56. The molecule has 138 valence electrons. The van der Waals surface area contributed by atoms with E-state index in [1.54, 1.807) is 0 Å². The van der Waals surface area contributed by atoms with Crippen molar-refractivity contribution in [3.8, 4) is 0 Å². The predicted octanol–water partition coefficient (Wildman–Crippen LogP) is 5.84. The molecule has 1 aromatic rings. The first-order chi connectivity index (χ1) is 11.6. The zero-order valence-electron chi connectivity index (χ0n) is 15.2. The van der Waals surface area contributed by atoms with Crippen molar-refractivity contribution in [1.29, 1.82) is 0 Å². The molecule has 3 nitrogen and oxygen atoms in total. The molecular weight excluding hydrogens is 320 g/mol. The molecule has 0 heterocycles. The molecule has 0 atom stereocenters. The summed E-state index contributed by atoms with van der Waals surface area (Å²) in [4.78, 5) is 0. The highest BCUT2D eigenvalue weighted by Crippen LogP contribution is 2.12. The molecule has 0 bridgehead atoms. The molecule has 0 N–H and O–H groups in total. The Labute approximate surface area is 148 Å². The van der Waals surface area contributed by atoms with E-state index in [0.717, 1.165) is 18.4 Å². The maximum absolute atomic E-state index is 11.9. The van der Waals surface area contributed by atoms with Gasteiger partial charge >= 0.3 is 0 Å². The monoisotopic (exact) mass is 354 g/mol. The molecule has 0 aliphatic rings. The molecule has 4 heteroatoms.